The van der Waals surface area contributed by atoms with Gasteiger partial charge in [0.25, 0.3) is 0 Å². The number of carbonyl (C=O) groups is 3. The van der Waals surface area contributed by atoms with Crippen LogP contribution in [0.1, 0.15) is 85.5 Å². The van der Waals surface area contributed by atoms with Crippen LogP contribution in [0.25, 0.3) is 10.4 Å². The van der Waals surface area contributed by atoms with Crippen LogP contribution in [0.15, 0.2) is 29.8 Å². The molecule has 10 heteroatoms. The summed E-state index contributed by atoms with van der Waals surface area (Å²) in [6.07, 6.45) is 1.48. The zero-order valence-electron chi connectivity index (χ0n) is 26.1. The summed E-state index contributed by atoms with van der Waals surface area (Å²) in [5, 5.41) is 24.4. The number of rotatable bonds is 9. The van der Waals surface area contributed by atoms with Gasteiger partial charge < -0.3 is 25.7 Å². The van der Waals surface area contributed by atoms with Crippen LogP contribution in [0.5, 0.6) is 0 Å². The molecule has 5 unspecified atom stereocenters. The second kappa shape index (κ2) is 17.2. The molecule has 3 rings (SSSR count). The van der Waals surface area contributed by atoms with Crippen LogP contribution >= 0.6 is 11.3 Å². The molecule has 2 aromatic rings. The lowest BCUT2D eigenvalue weighted by Crippen LogP contribution is -2.56. The van der Waals surface area contributed by atoms with Gasteiger partial charge in [-0.15, -0.1) is 11.3 Å². The third kappa shape index (κ3) is 10.5. The van der Waals surface area contributed by atoms with Gasteiger partial charge >= 0.3 is 0 Å². The number of nitrogens with one attached hydrogen (secondary N) is 2. The van der Waals surface area contributed by atoms with Gasteiger partial charge in [-0.1, -0.05) is 72.7 Å². The first-order valence-electron chi connectivity index (χ1n) is 14.4. The number of aliphatic hydroxyl groups excluding tert-OH is 2. The van der Waals surface area contributed by atoms with Crippen molar-refractivity contribution in [3.8, 4) is 10.4 Å². The highest BCUT2D eigenvalue weighted by atomic mass is 32.1. The number of aromatic nitrogens is 1. The predicted molar refractivity (Wildman–Crippen MR) is 165 cm³/mol. The molecular formula is C31H50N4O5S. The van der Waals surface area contributed by atoms with E-state index in [9.17, 15) is 24.6 Å². The molecule has 3 amide bonds. The first kappa shape index (κ1) is 36.2. The average Bonchev–Trinajstić information content (AvgIpc) is 3.53. The van der Waals surface area contributed by atoms with E-state index in [1.807, 2.05) is 92.1 Å². The van der Waals surface area contributed by atoms with Crippen molar-refractivity contribution in [2.24, 2.45) is 11.3 Å². The molecule has 0 saturated carbocycles. The summed E-state index contributed by atoms with van der Waals surface area (Å²) in [5.74, 6) is -0.286. The second-order valence-electron chi connectivity index (χ2n) is 11.3. The van der Waals surface area contributed by atoms with Gasteiger partial charge in [-0.05, 0) is 43.2 Å². The van der Waals surface area contributed by atoms with Crippen molar-refractivity contribution in [2.45, 2.75) is 99.4 Å². The fourth-order valence-electron chi connectivity index (χ4n) is 4.38. The van der Waals surface area contributed by atoms with Crippen molar-refractivity contribution in [3.63, 3.8) is 0 Å². The second-order valence-corrected chi connectivity index (χ2v) is 12.1. The summed E-state index contributed by atoms with van der Waals surface area (Å²) in [5.41, 5.74) is 4.45. The van der Waals surface area contributed by atoms with E-state index in [2.05, 4.69) is 15.6 Å². The summed E-state index contributed by atoms with van der Waals surface area (Å²) < 4.78 is 0. The number of hydrogen-bond donors (Lipinski definition) is 4. The molecule has 2 heterocycles. The van der Waals surface area contributed by atoms with Gasteiger partial charge in [-0.25, -0.2) is 4.98 Å². The standard InChI is InChI=1S/C16H30N2O3.C13H14N2O2S.C2H6/c1-7-10(2)14(20)17-13(16(4,5)6)15(21)18-9-12(19)8-11(18)3;1-9-13(18-8-15-9)11-4-2-10(3-5-11)12(6-16)14-7-17;1-2/h10-13,19H,7-9H2,1-6H3,(H,17,20);2-5,7-8,12,16H,6H2,1H3,(H,14,17);1-2H3. The number of carbonyl (C=O) groups excluding carboxylic acids is 3. The number of β-amino-alcohol motifs (C(OH)–C–C–N with tert-alkyl or cyclic N) is 1. The van der Waals surface area contributed by atoms with Crippen LogP contribution in [0, 0.1) is 18.3 Å². The molecule has 41 heavy (non-hydrogen) atoms. The lowest BCUT2D eigenvalue weighted by Gasteiger charge is -2.35. The number of amides is 3. The summed E-state index contributed by atoms with van der Waals surface area (Å²) in [7, 11) is 0. The summed E-state index contributed by atoms with van der Waals surface area (Å²) in [6.45, 7) is 17.8. The smallest absolute Gasteiger partial charge is 0.246 e. The number of thiazole rings is 1. The molecule has 230 valence electrons. The van der Waals surface area contributed by atoms with E-state index in [-0.39, 0.29) is 41.8 Å². The fourth-order valence-corrected chi connectivity index (χ4v) is 5.19. The van der Waals surface area contributed by atoms with E-state index < -0.39 is 12.1 Å². The van der Waals surface area contributed by atoms with Crippen molar-refractivity contribution in [2.75, 3.05) is 13.2 Å². The van der Waals surface area contributed by atoms with E-state index >= 15 is 0 Å². The molecule has 1 fully saturated rings. The molecule has 9 nitrogen and oxygen atoms in total. The zero-order chi connectivity index (χ0) is 31.3. The Hall–Kier alpha value is -2.82. The number of aryl methyl sites for hydroxylation is 1. The highest BCUT2D eigenvalue weighted by molar-refractivity contribution is 7.13. The molecule has 1 aliphatic heterocycles. The molecule has 0 radical (unpaired) electrons. The molecule has 1 aromatic carbocycles. The van der Waals surface area contributed by atoms with E-state index in [4.69, 9.17) is 0 Å². The summed E-state index contributed by atoms with van der Waals surface area (Å²) in [4.78, 5) is 42.4. The minimum atomic E-state index is -0.563. The summed E-state index contributed by atoms with van der Waals surface area (Å²) >= 11 is 1.60. The van der Waals surface area contributed by atoms with Gasteiger partial charge in [0.05, 0.1) is 34.8 Å². The van der Waals surface area contributed by atoms with Crippen LogP contribution in [0.2, 0.25) is 0 Å². The SMILES string of the molecule is CC.CCC(C)C(=O)NC(C(=O)N1CC(O)CC1C)C(C)(C)C.Cc1ncsc1-c1ccc(C(CO)NC=O)cc1. The monoisotopic (exact) mass is 590 g/mol. The Balaban J connectivity index is 0.000000390. The molecule has 0 aliphatic carbocycles. The fraction of sp³-hybridized carbons (Fsp3) is 0.613. The van der Waals surface area contributed by atoms with Crippen LogP contribution in [0.4, 0.5) is 0 Å². The van der Waals surface area contributed by atoms with Gasteiger partial charge in [0.1, 0.15) is 6.04 Å². The van der Waals surface area contributed by atoms with Crippen LogP contribution < -0.4 is 10.6 Å². The maximum Gasteiger partial charge on any atom is 0.246 e. The first-order valence-corrected chi connectivity index (χ1v) is 15.3. The van der Waals surface area contributed by atoms with Crippen molar-refractivity contribution in [3.05, 3.63) is 41.0 Å². The maximum atomic E-state index is 12.8. The predicted octanol–water partition coefficient (Wildman–Crippen LogP) is 4.47. The highest BCUT2D eigenvalue weighted by Crippen LogP contribution is 2.28. The van der Waals surface area contributed by atoms with E-state index in [0.717, 1.165) is 28.1 Å². The third-order valence-electron chi connectivity index (χ3n) is 7.07. The average molecular weight is 591 g/mol. The number of aliphatic hydroxyl groups is 2. The van der Waals surface area contributed by atoms with Crippen molar-refractivity contribution < 1.29 is 24.6 Å². The third-order valence-corrected chi connectivity index (χ3v) is 8.05. The lowest BCUT2D eigenvalue weighted by atomic mass is 9.85. The first-order chi connectivity index (χ1) is 19.3. The Morgan fingerprint density at radius 3 is 2.24 bits per heavy atom. The summed E-state index contributed by atoms with van der Waals surface area (Å²) in [6, 6.07) is 6.87. The normalized spacial score (nSPS) is 18.6. The largest absolute Gasteiger partial charge is 0.394 e. The van der Waals surface area contributed by atoms with Crippen molar-refractivity contribution in [1.82, 2.24) is 20.5 Å². The zero-order valence-corrected chi connectivity index (χ0v) is 26.9. The Morgan fingerprint density at radius 2 is 1.83 bits per heavy atom. The molecule has 1 saturated heterocycles. The number of nitrogens with zero attached hydrogens (tertiary/aromatic N) is 2. The Morgan fingerprint density at radius 1 is 1.22 bits per heavy atom. The molecule has 4 N–H and O–H groups in total. The van der Waals surface area contributed by atoms with Gasteiger partial charge in [0.15, 0.2) is 0 Å². The maximum absolute atomic E-state index is 12.8. The van der Waals surface area contributed by atoms with Crippen LogP contribution in [-0.2, 0) is 14.4 Å². The number of likely N-dealkylation sites (tertiary alicyclic amines) is 1. The minimum absolute atomic E-state index is 0.0119. The molecule has 5 atom stereocenters. The van der Waals surface area contributed by atoms with E-state index in [1.165, 1.54) is 0 Å². The van der Waals surface area contributed by atoms with Gasteiger partial charge in [0, 0.05) is 18.5 Å². The molecule has 1 aliphatic rings. The molecule has 0 spiro atoms. The van der Waals surface area contributed by atoms with Crippen LogP contribution in [0.3, 0.4) is 0 Å². The molecule has 1 aromatic heterocycles. The quantitative estimate of drug-likeness (QED) is 0.319. The van der Waals surface area contributed by atoms with Crippen molar-refractivity contribution in [1.29, 1.82) is 0 Å². The highest BCUT2D eigenvalue weighted by Gasteiger charge is 2.40. The van der Waals surface area contributed by atoms with Gasteiger partial charge in [0.2, 0.25) is 18.2 Å². The Bertz CT molecular complexity index is 1080. The molecule has 0 bridgehead atoms. The lowest BCUT2D eigenvalue weighted by molar-refractivity contribution is -0.141. The van der Waals surface area contributed by atoms with Gasteiger partial charge in [-0.3, -0.25) is 14.4 Å². The van der Waals surface area contributed by atoms with Gasteiger partial charge in [-0.2, -0.15) is 0 Å². The van der Waals surface area contributed by atoms with Crippen molar-refractivity contribution >= 4 is 29.6 Å². The Labute approximate surface area is 249 Å². The van der Waals surface area contributed by atoms with E-state index in [1.54, 1.807) is 16.2 Å². The molecular weight excluding hydrogens is 540 g/mol. The van der Waals surface area contributed by atoms with Crippen LogP contribution in [-0.4, -0.2) is 69.7 Å². The number of benzene rings is 1. The van der Waals surface area contributed by atoms with E-state index in [0.29, 0.717) is 19.4 Å². The minimum Gasteiger partial charge on any atom is -0.394 e. The topological polar surface area (TPSA) is 132 Å². The number of hydrogen-bond acceptors (Lipinski definition) is 7. The Kier molecular flexibility index (Phi) is 15.2.